The molecule has 112 valence electrons. The van der Waals surface area contributed by atoms with Crippen molar-refractivity contribution in [3.05, 3.63) is 41.7 Å². The molecule has 0 atom stereocenters. The van der Waals surface area contributed by atoms with Crippen LogP contribution in [0, 0.1) is 6.92 Å². The van der Waals surface area contributed by atoms with Gasteiger partial charge in [0, 0.05) is 23.1 Å². The Morgan fingerprint density at radius 3 is 2.62 bits per heavy atom. The van der Waals surface area contributed by atoms with Crippen LogP contribution in [0.5, 0.6) is 0 Å². The van der Waals surface area contributed by atoms with Gasteiger partial charge in [-0.25, -0.2) is 0 Å². The molecule has 1 heterocycles. The maximum atomic E-state index is 11.7. The third kappa shape index (κ3) is 4.93. The molecule has 0 aliphatic rings. The molecule has 21 heavy (non-hydrogen) atoms. The van der Waals surface area contributed by atoms with E-state index in [4.69, 9.17) is 4.52 Å². The molecule has 2 aromatic rings. The van der Waals surface area contributed by atoms with Crippen molar-refractivity contribution in [1.29, 1.82) is 0 Å². The molecule has 1 amide bonds. The Morgan fingerprint density at radius 1 is 1.33 bits per heavy atom. The van der Waals surface area contributed by atoms with Crippen LogP contribution in [0.25, 0.3) is 0 Å². The highest BCUT2D eigenvalue weighted by molar-refractivity contribution is 7.99. The molecule has 2 rings (SSSR count). The second-order valence-electron chi connectivity index (χ2n) is 5.19. The molecular formula is C16H20N2O2S. The lowest BCUT2D eigenvalue weighted by Gasteiger charge is -2.06. The number of aromatic nitrogens is 1. The lowest BCUT2D eigenvalue weighted by molar-refractivity contribution is -0.115. The van der Waals surface area contributed by atoms with Gasteiger partial charge in [0.05, 0.1) is 0 Å². The van der Waals surface area contributed by atoms with Crippen LogP contribution in [0.2, 0.25) is 0 Å². The van der Waals surface area contributed by atoms with E-state index in [2.05, 4.69) is 48.6 Å². The minimum Gasteiger partial charge on any atom is -0.360 e. The van der Waals surface area contributed by atoms with Gasteiger partial charge < -0.3 is 9.84 Å². The molecule has 0 saturated heterocycles. The lowest BCUT2D eigenvalue weighted by atomic mass is 10.0. The van der Waals surface area contributed by atoms with E-state index in [0.717, 1.165) is 5.75 Å². The number of carbonyl (C=O) groups is 1. The molecule has 0 saturated carbocycles. The van der Waals surface area contributed by atoms with E-state index in [1.54, 1.807) is 24.8 Å². The zero-order chi connectivity index (χ0) is 15.2. The Labute approximate surface area is 129 Å². The normalized spacial score (nSPS) is 10.9. The Morgan fingerprint density at radius 2 is 2.05 bits per heavy atom. The zero-order valence-corrected chi connectivity index (χ0v) is 13.4. The zero-order valence-electron chi connectivity index (χ0n) is 12.6. The molecule has 1 N–H and O–H groups in total. The van der Waals surface area contributed by atoms with Gasteiger partial charge in [0.2, 0.25) is 5.91 Å². The van der Waals surface area contributed by atoms with E-state index in [-0.39, 0.29) is 5.91 Å². The fourth-order valence-corrected chi connectivity index (χ4v) is 2.69. The van der Waals surface area contributed by atoms with Crippen molar-refractivity contribution < 1.29 is 9.32 Å². The van der Waals surface area contributed by atoms with E-state index in [1.165, 1.54) is 10.5 Å². The summed E-state index contributed by atoms with van der Waals surface area (Å²) < 4.78 is 4.90. The first-order valence-electron chi connectivity index (χ1n) is 7.00. The summed E-state index contributed by atoms with van der Waals surface area (Å²) in [5.74, 6) is 2.40. The van der Waals surface area contributed by atoms with Crippen LogP contribution in [-0.4, -0.2) is 16.8 Å². The first kappa shape index (κ1) is 15.6. The number of thioether (sulfide) groups is 1. The number of anilines is 1. The molecule has 1 aromatic heterocycles. The van der Waals surface area contributed by atoms with E-state index in [0.29, 0.717) is 23.9 Å². The number of benzene rings is 1. The predicted molar refractivity (Wildman–Crippen MR) is 85.7 cm³/mol. The van der Waals surface area contributed by atoms with Crippen molar-refractivity contribution in [2.24, 2.45) is 0 Å². The van der Waals surface area contributed by atoms with Crippen molar-refractivity contribution in [2.75, 3.05) is 11.1 Å². The Bertz CT molecular complexity index is 591. The molecule has 0 fully saturated rings. The second kappa shape index (κ2) is 7.31. The highest BCUT2D eigenvalue weighted by atomic mass is 32.2. The average molecular weight is 304 g/mol. The largest absolute Gasteiger partial charge is 0.360 e. The third-order valence-corrected chi connectivity index (χ3v) is 4.05. The molecule has 0 bridgehead atoms. The van der Waals surface area contributed by atoms with Gasteiger partial charge >= 0.3 is 0 Å². The molecule has 0 spiro atoms. The van der Waals surface area contributed by atoms with E-state index in [9.17, 15) is 4.79 Å². The van der Waals surface area contributed by atoms with Crippen LogP contribution in [0.15, 0.2) is 39.8 Å². The predicted octanol–water partition coefficient (Wildman–Crippen LogP) is 4.23. The van der Waals surface area contributed by atoms with Gasteiger partial charge in [-0.15, -0.1) is 11.8 Å². The van der Waals surface area contributed by atoms with Crippen LogP contribution < -0.4 is 5.32 Å². The quantitative estimate of drug-likeness (QED) is 0.812. The van der Waals surface area contributed by atoms with E-state index in [1.807, 2.05) is 0 Å². The third-order valence-electron chi connectivity index (χ3n) is 3.04. The van der Waals surface area contributed by atoms with Crippen LogP contribution in [0.4, 0.5) is 5.82 Å². The van der Waals surface area contributed by atoms with Gasteiger partial charge in [0.15, 0.2) is 5.82 Å². The van der Waals surface area contributed by atoms with Crippen LogP contribution >= 0.6 is 11.8 Å². The molecular weight excluding hydrogens is 284 g/mol. The fourth-order valence-electron chi connectivity index (χ4n) is 1.84. The van der Waals surface area contributed by atoms with Gasteiger partial charge in [-0.3, -0.25) is 4.79 Å². The number of amides is 1. The van der Waals surface area contributed by atoms with Crippen LogP contribution in [0.1, 0.15) is 37.5 Å². The van der Waals surface area contributed by atoms with Crippen molar-refractivity contribution in [1.82, 2.24) is 5.16 Å². The smallest absolute Gasteiger partial charge is 0.226 e. The van der Waals surface area contributed by atoms with E-state index >= 15 is 0 Å². The number of carbonyl (C=O) groups excluding carboxylic acids is 1. The molecule has 4 nitrogen and oxygen atoms in total. The van der Waals surface area contributed by atoms with Crippen molar-refractivity contribution >= 4 is 23.5 Å². The van der Waals surface area contributed by atoms with Crippen molar-refractivity contribution in [2.45, 2.75) is 38.0 Å². The van der Waals surface area contributed by atoms with Crippen molar-refractivity contribution in [3.63, 3.8) is 0 Å². The Balaban J connectivity index is 1.74. The summed E-state index contributed by atoms with van der Waals surface area (Å²) in [6, 6.07) is 10.2. The second-order valence-corrected chi connectivity index (χ2v) is 6.36. The summed E-state index contributed by atoms with van der Waals surface area (Å²) >= 11 is 1.68. The molecule has 0 aliphatic heterocycles. The maximum Gasteiger partial charge on any atom is 0.226 e. The fraction of sp³-hybridized carbons (Fsp3) is 0.375. The first-order valence-corrected chi connectivity index (χ1v) is 7.99. The van der Waals surface area contributed by atoms with Gasteiger partial charge in [0.1, 0.15) is 5.76 Å². The van der Waals surface area contributed by atoms with E-state index < -0.39 is 0 Å². The number of nitrogens with zero attached hydrogens (tertiary/aromatic N) is 1. The summed E-state index contributed by atoms with van der Waals surface area (Å²) in [6.07, 6.45) is 0.447. The highest BCUT2D eigenvalue weighted by Gasteiger charge is 2.06. The maximum absolute atomic E-state index is 11.7. The lowest BCUT2D eigenvalue weighted by Crippen LogP contribution is -2.12. The summed E-state index contributed by atoms with van der Waals surface area (Å²) in [4.78, 5) is 12.9. The Kier molecular flexibility index (Phi) is 5.44. The van der Waals surface area contributed by atoms with Gasteiger partial charge in [-0.05, 0) is 30.5 Å². The topological polar surface area (TPSA) is 55.1 Å². The molecule has 5 heteroatoms. The summed E-state index contributed by atoms with van der Waals surface area (Å²) in [7, 11) is 0. The van der Waals surface area contributed by atoms with Gasteiger partial charge in [-0.2, -0.15) is 0 Å². The molecule has 1 aromatic carbocycles. The number of aryl methyl sites for hydroxylation is 1. The van der Waals surface area contributed by atoms with Gasteiger partial charge in [-0.1, -0.05) is 31.1 Å². The summed E-state index contributed by atoms with van der Waals surface area (Å²) in [5, 5.41) is 6.45. The number of rotatable bonds is 6. The minimum absolute atomic E-state index is 0.0467. The average Bonchev–Trinajstić information content (AvgIpc) is 2.84. The number of hydrogen-bond donors (Lipinski definition) is 1. The number of nitrogens with one attached hydrogen (secondary N) is 1. The summed E-state index contributed by atoms with van der Waals surface area (Å²) in [5.41, 5.74) is 1.33. The van der Waals surface area contributed by atoms with Crippen LogP contribution in [-0.2, 0) is 4.79 Å². The molecule has 0 radical (unpaired) electrons. The molecule has 0 unspecified atom stereocenters. The molecule has 0 aliphatic carbocycles. The summed E-state index contributed by atoms with van der Waals surface area (Å²) in [6.45, 7) is 6.15. The standard InChI is InChI=1S/C16H20N2O2S/c1-11(2)13-4-6-14(7-5-13)21-9-8-16(19)17-15-10-12(3)20-18-15/h4-7,10-11H,8-9H2,1-3H3,(H,17,18,19). The van der Waals surface area contributed by atoms with Gasteiger partial charge in [0.25, 0.3) is 0 Å². The number of hydrogen-bond acceptors (Lipinski definition) is 4. The SMILES string of the molecule is Cc1cc(NC(=O)CCSc2ccc(C(C)C)cc2)no1. The van der Waals surface area contributed by atoms with Crippen molar-refractivity contribution in [3.8, 4) is 0 Å². The monoisotopic (exact) mass is 304 g/mol. The first-order chi connectivity index (χ1) is 10.0. The van der Waals surface area contributed by atoms with Crippen LogP contribution in [0.3, 0.4) is 0 Å². The minimum atomic E-state index is -0.0467. The Hall–Kier alpha value is -1.75. The highest BCUT2D eigenvalue weighted by Crippen LogP contribution is 2.22.